The van der Waals surface area contributed by atoms with Gasteiger partial charge in [0.2, 0.25) is 0 Å². The molecule has 0 aromatic carbocycles. The summed E-state index contributed by atoms with van der Waals surface area (Å²) in [6.45, 7) is 3.46. The number of hydrogen-bond acceptors (Lipinski definition) is 4. The summed E-state index contributed by atoms with van der Waals surface area (Å²) in [6, 6.07) is 2.78. The lowest BCUT2D eigenvalue weighted by molar-refractivity contribution is 0.216. The maximum atomic E-state index is 8.78. The Morgan fingerprint density at radius 2 is 2.40 bits per heavy atom. The van der Waals surface area contributed by atoms with Gasteiger partial charge in [0, 0.05) is 36.0 Å². The third kappa shape index (κ3) is 4.32. The fourth-order valence-corrected chi connectivity index (χ4v) is 3.58. The third-order valence-electron chi connectivity index (χ3n) is 3.81. The average molecular weight is 292 g/mol. The van der Waals surface area contributed by atoms with E-state index in [-0.39, 0.29) is 6.61 Å². The molecule has 1 aromatic rings. The first-order valence-electron chi connectivity index (χ1n) is 7.25. The smallest absolute Gasteiger partial charge is 0.0540 e. The van der Waals surface area contributed by atoms with Crippen molar-refractivity contribution < 1.29 is 5.11 Å². The molecule has 20 heavy (non-hydrogen) atoms. The summed E-state index contributed by atoms with van der Waals surface area (Å²) in [7, 11) is 4.42. The molecule has 0 radical (unpaired) electrons. The molecule has 0 aliphatic carbocycles. The van der Waals surface area contributed by atoms with Gasteiger partial charge in [0.15, 0.2) is 0 Å². The van der Waals surface area contributed by atoms with E-state index < -0.39 is 0 Å². The largest absolute Gasteiger partial charge is 0.395 e. The van der Waals surface area contributed by atoms with E-state index in [1.54, 1.807) is 11.3 Å². The number of aliphatic hydroxyl groups is 1. The predicted octanol–water partition coefficient (Wildman–Crippen LogP) is 2.01. The quantitative estimate of drug-likeness (QED) is 0.841. The number of nitrogens with zero attached hydrogens (tertiary/aromatic N) is 2. The molecule has 1 aliphatic rings. The first-order chi connectivity index (χ1) is 9.70. The van der Waals surface area contributed by atoms with Crippen LogP contribution in [0.1, 0.15) is 29.7 Å². The minimum atomic E-state index is 0.139. The summed E-state index contributed by atoms with van der Waals surface area (Å²) in [5.74, 6) is 6.18. The molecular formula is C16H24N2OS. The third-order valence-corrected chi connectivity index (χ3v) is 4.72. The lowest BCUT2D eigenvalue weighted by Crippen LogP contribution is -2.36. The molecule has 0 bridgehead atoms. The number of thiophene rings is 1. The van der Waals surface area contributed by atoms with Crippen molar-refractivity contribution in [3.8, 4) is 11.8 Å². The van der Waals surface area contributed by atoms with Crippen LogP contribution in [0.4, 0.5) is 0 Å². The summed E-state index contributed by atoms with van der Waals surface area (Å²) >= 11 is 1.77. The van der Waals surface area contributed by atoms with E-state index in [0.29, 0.717) is 12.5 Å². The first kappa shape index (κ1) is 15.5. The molecule has 2 heterocycles. The van der Waals surface area contributed by atoms with Gasteiger partial charge in [-0.25, -0.2) is 0 Å². The topological polar surface area (TPSA) is 26.7 Å². The van der Waals surface area contributed by atoms with Crippen LogP contribution in [-0.4, -0.2) is 54.7 Å². The summed E-state index contributed by atoms with van der Waals surface area (Å²) in [5.41, 5.74) is 1.12. The number of likely N-dealkylation sites (tertiary alicyclic amines) is 1. The molecule has 1 N–H and O–H groups in total. The van der Waals surface area contributed by atoms with Crippen molar-refractivity contribution in [3.63, 3.8) is 0 Å². The van der Waals surface area contributed by atoms with Crippen LogP contribution in [0.5, 0.6) is 0 Å². The van der Waals surface area contributed by atoms with E-state index in [1.165, 1.54) is 24.3 Å². The monoisotopic (exact) mass is 292 g/mol. The zero-order valence-corrected chi connectivity index (χ0v) is 13.2. The zero-order valence-electron chi connectivity index (χ0n) is 12.4. The van der Waals surface area contributed by atoms with Gasteiger partial charge < -0.3 is 10.0 Å². The Balaban J connectivity index is 1.89. The highest BCUT2D eigenvalue weighted by Gasteiger charge is 2.22. The van der Waals surface area contributed by atoms with Crippen molar-refractivity contribution in [3.05, 3.63) is 21.9 Å². The Labute approximate surface area is 126 Å². The van der Waals surface area contributed by atoms with Crippen LogP contribution in [0.3, 0.4) is 0 Å². The van der Waals surface area contributed by atoms with E-state index in [2.05, 4.69) is 47.2 Å². The zero-order chi connectivity index (χ0) is 14.4. The van der Waals surface area contributed by atoms with Crippen molar-refractivity contribution in [2.45, 2.75) is 31.8 Å². The maximum Gasteiger partial charge on any atom is 0.0540 e. The van der Waals surface area contributed by atoms with Crippen LogP contribution >= 0.6 is 11.3 Å². The predicted molar refractivity (Wildman–Crippen MR) is 84.9 cm³/mol. The highest BCUT2D eigenvalue weighted by Crippen LogP contribution is 2.20. The van der Waals surface area contributed by atoms with E-state index in [0.717, 1.165) is 18.7 Å². The van der Waals surface area contributed by atoms with Crippen LogP contribution in [0.25, 0.3) is 0 Å². The highest BCUT2D eigenvalue weighted by atomic mass is 32.1. The molecule has 0 amide bonds. The van der Waals surface area contributed by atoms with Crippen LogP contribution in [0.2, 0.25) is 0 Å². The van der Waals surface area contributed by atoms with Gasteiger partial charge in [0.05, 0.1) is 6.61 Å². The maximum absolute atomic E-state index is 8.78. The lowest BCUT2D eigenvalue weighted by atomic mass is 10.2. The van der Waals surface area contributed by atoms with E-state index in [9.17, 15) is 0 Å². The molecule has 1 fully saturated rings. The number of likely N-dealkylation sites (N-methyl/N-ethyl adjacent to an activating group) is 2. The molecule has 1 aliphatic heterocycles. The van der Waals surface area contributed by atoms with Crippen molar-refractivity contribution >= 4 is 11.3 Å². The molecule has 110 valence electrons. The van der Waals surface area contributed by atoms with Crippen LogP contribution in [-0.2, 0) is 6.54 Å². The fraction of sp³-hybridized carbons (Fsp3) is 0.625. The fourth-order valence-electron chi connectivity index (χ4n) is 2.67. The average Bonchev–Trinajstić information content (AvgIpc) is 3.01. The number of rotatable bonds is 5. The first-order valence-corrected chi connectivity index (χ1v) is 8.13. The summed E-state index contributed by atoms with van der Waals surface area (Å²) in [4.78, 5) is 6.20. The van der Waals surface area contributed by atoms with Gasteiger partial charge in [-0.15, -0.1) is 11.3 Å². The van der Waals surface area contributed by atoms with Crippen molar-refractivity contribution in [2.24, 2.45) is 0 Å². The molecule has 1 saturated heterocycles. The highest BCUT2D eigenvalue weighted by molar-refractivity contribution is 7.10. The second kappa shape index (κ2) is 7.80. The van der Waals surface area contributed by atoms with E-state index in [4.69, 9.17) is 5.11 Å². The van der Waals surface area contributed by atoms with Crippen molar-refractivity contribution in [1.82, 2.24) is 9.80 Å². The summed E-state index contributed by atoms with van der Waals surface area (Å²) < 4.78 is 0. The molecule has 0 spiro atoms. The molecule has 3 nitrogen and oxygen atoms in total. The lowest BCUT2D eigenvalue weighted by Gasteiger charge is -2.25. The minimum absolute atomic E-state index is 0.139. The Hall–Kier alpha value is -0.860. The molecule has 1 unspecified atom stereocenters. The SMILES string of the molecule is CN(Cc1sccc1C#CCCO)CC1CCCN1C. The molecule has 4 heteroatoms. The Kier molecular flexibility index (Phi) is 6.06. The second-order valence-electron chi connectivity index (χ2n) is 5.51. The van der Waals surface area contributed by atoms with Gasteiger partial charge in [0.1, 0.15) is 0 Å². The molecule has 1 aromatic heterocycles. The van der Waals surface area contributed by atoms with Crippen molar-refractivity contribution in [2.75, 3.05) is 33.8 Å². The van der Waals surface area contributed by atoms with Crippen molar-refractivity contribution in [1.29, 1.82) is 0 Å². The van der Waals surface area contributed by atoms with Gasteiger partial charge in [-0.2, -0.15) is 0 Å². The standard InChI is InChI=1S/C16H24N2OS/c1-17(12-15-7-5-9-18(15)2)13-16-14(8-11-20-16)6-3-4-10-19/h8,11,15,19H,4-5,7,9-10,12-13H2,1-2H3. The molecular weight excluding hydrogens is 268 g/mol. The summed E-state index contributed by atoms with van der Waals surface area (Å²) in [5, 5.41) is 10.9. The number of aliphatic hydroxyl groups excluding tert-OH is 1. The number of hydrogen-bond donors (Lipinski definition) is 1. The summed E-state index contributed by atoms with van der Waals surface area (Å²) in [6.07, 6.45) is 3.19. The van der Waals surface area contributed by atoms with Gasteiger partial charge in [-0.3, -0.25) is 4.90 Å². The van der Waals surface area contributed by atoms with Gasteiger partial charge in [0.25, 0.3) is 0 Å². The van der Waals surface area contributed by atoms with Crippen LogP contribution in [0.15, 0.2) is 11.4 Å². The molecule has 1 atom stereocenters. The van der Waals surface area contributed by atoms with Crippen LogP contribution in [0, 0.1) is 11.8 Å². The van der Waals surface area contributed by atoms with E-state index in [1.807, 2.05) is 0 Å². The minimum Gasteiger partial charge on any atom is -0.395 e. The molecule has 2 rings (SSSR count). The Morgan fingerprint density at radius 1 is 1.55 bits per heavy atom. The molecule has 0 saturated carbocycles. The van der Waals surface area contributed by atoms with Gasteiger partial charge >= 0.3 is 0 Å². The Bertz CT molecular complexity index is 474. The van der Waals surface area contributed by atoms with Gasteiger partial charge in [-0.05, 0) is 44.9 Å². The van der Waals surface area contributed by atoms with E-state index >= 15 is 0 Å². The normalized spacial score (nSPS) is 19.3. The van der Waals surface area contributed by atoms with Gasteiger partial charge in [-0.1, -0.05) is 11.8 Å². The van der Waals surface area contributed by atoms with Crippen LogP contribution < -0.4 is 0 Å². The second-order valence-corrected chi connectivity index (χ2v) is 6.51. The Morgan fingerprint density at radius 3 is 3.10 bits per heavy atom.